The van der Waals surface area contributed by atoms with E-state index in [0.717, 1.165) is 30.8 Å². The molecule has 1 atom stereocenters. The van der Waals surface area contributed by atoms with Crippen molar-refractivity contribution in [3.8, 4) is 5.75 Å². The molecule has 0 unspecified atom stereocenters. The molecule has 0 N–H and O–H groups in total. The monoisotopic (exact) mass is 283 g/mol. The van der Waals surface area contributed by atoms with Crippen molar-refractivity contribution in [2.45, 2.75) is 17.7 Å². The first-order chi connectivity index (χ1) is 7.74. The lowest BCUT2D eigenvalue weighted by atomic mass is 10.1. The number of piperidine rings is 1. The molecule has 86 valence electrons. The normalized spacial score (nSPS) is 21.0. The predicted molar refractivity (Wildman–Crippen MR) is 67.3 cm³/mol. The summed E-state index contributed by atoms with van der Waals surface area (Å²) in [5.41, 5.74) is 0.860. The number of carbonyl (C=O) groups is 1. The summed E-state index contributed by atoms with van der Waals surface area (Å²) in [4.78, 5) is 13.7. The average Bonchev–Trinajstić information content (AvgIpc) is 2.33. The second-order valence-corrected chi connectivity index (χ2v) is 4.88. The van der Waals surface area contributed by atoms with Gasteiger partial charge in [-0.2, -0.15) is 0 Å². The van der Waals surface area contributed by atoms with Crippen LogP contribution < -0.4 is 9.64 Å². The molecule has 3 nitrogen and oxygen atoms in total. The smallest absolute Gasteiger partial charge is 0.240 e. The van der Waals surface area contributed by atoms with Gasteiger partial charge in [-0.3, -0.25) is 4.79 Å². The Hall–Kier alpha value is -1.03. The molecule has 0 bridgehead atoms. The Morgan fingerprint density at radius 1 is 1.44 bits per heavy atom. The maximum Gasteiger partial charge on any atom is 0.240 e. The summed E-state index contributed by atoms with van der Waals surface area (Å²) in [5, 5.41) is 0. The van der Waals surface area contributed by atoms with Crippen LogP contribution in [0.3, 0.4) is 0 Å². The van der Waals surface area contributed by atoms with E-state index >= 15 is 0 Å². The number of amides is 1. The molecule has 1 aromatic rings. The van der Waals surface area contributed by atoms with Gasteiger partial charge in [0.1, 0.15) is 5.75 Å². The highest BCUT2D eigenvalue weighted by atomic mass is 79.9. The Kier molecular flexibility index (Phi) is 3.49. The highest BCUT2D eigenvalue weighted by Gasteiger charge is 2.28. The van der Waals surface area contributed by atoms with Gasteiger partial charge in [-0.05, 0) is 25.0 Å². The average molecular weight is 284 g/mol. The summed E-state index contributed by atoms with van der Waals surface area (Å²) in [6, 6.07) is 7.62. The third-order valence-corrected chi connectivity index (χ3v) is 3.60. The largest absolute Gasteiger partial charge is 0.495 e. The minimum Gasteiger partial charge on any atom is -0.495 e. The molecule has 0 aliphatic carbocycles. The van der Waals surface area contributed by atoms with Crippen LogP contribution in [0.15, 0.2) is 24.3 Å². The number of halogens is 1. The number of anilines is 1. The van der Waals surface area contributed by atoms with Crippen LogP contribution in [0.25, 0.3) is 0 Å². The minimum atomic E-state index is -0.0637. The van der Waals surface area contributed by atoms with Crippen molar-refractivity contribution in [1.29, 1.82) is 0 Å². The summed E-state index contributed by atoms with van der Waals surface area (Å²) in [5.74, 6) is 0.869. The number of rotatable bonds is 2. The van der Waals surface area contributed by atoms with Gasteiger partial charge in [0.05, 0.1) is 17.6 Å². The minimum absolute atomic E-state index is 0.0637. The van der Waals surface area contributed by atoms with Crippen molar-refractivity contribution in [2.24, 2.45) is 0 Å². The zero-order valence-corrected chi connectivity index (χ0v) is 10.7. The third kappa shape index (κ3) is 2.07. The number of ether oxygens (including phenoxy) is 1. The SMILES string of the molecule is COc1ccccc1N1CCC[C@@H](Br)C1=O. The van der Waals surface area contributed by atoms with E-state index in [1.807, 2.05) is 24.3 Å². The van der Waals surface area contributed by atoms with E-state index < -0.39 is 0 Å². The lowest BCUT2D eigenvalue weighted by molar-refractivity contribution is -0.118. The van der Waals surface area contributed by atoms with Gasteiger partial charge in [0.25, 0.3) is 0 Å². The molecule has 1 aliphatic rings. The Bertz CT molecular complexity index is 394. The van der Waals surface area contributed by atoms with Crippen molar-refractivity contribution in [3.05, 3.63) is 24.3 Å². The summed E-state index contributed by atoms with van der Waals surface area (Å²) < 4.78 is 5.27. The van der Waals surface area contributed by atoms with Gasteiger partial charge in [0, 0.05) is 6.54 Å². The van der Waals surface area contributed by atoms with E-state index in [0.29, 0.717) is 0 Å². The van der Waals surface area contributed by atoms with Crippen LogP contribution in [-0.4, -0.2) is 24.4 Å². The van der Waals surface area contributed by atoms with E-state index in [1.165, 1.54) is 0 Å². The van der Waals surface area contributed by atoms with Crippen LogP contribution in [-0.2, 0) is 4.79 Å². The van der Waals surface area contributed by atoms with E-state index in [2.05, 4.69) is 15.9 Å². The summed E-state index contributed by atoms with van der Waals surface area (Å²) in [7, 11) is 1.62. The molecule has 0 saturated carbocycles. The van der Waals surface area contributed by atoms with E-state index in [9.17, 15) is 4.79 Å². The van der Waals surface area contributed by atoms with Crippen molar-refractivity contribution < 1.29 is 9.53 Å². The molecule has 1 amide bonds. The molecule has 16 heavy (non-hydrogen) atoms. The topological polar surface area (TPSA) is 29.5 Å². The van der Waals surface area contributed by atoms with Crippen molar-refractivity contribution in [2.75, 3.05) is 18.6 Å². The Balaban J connectivity index is 2.32. The van der Waals surface area contributed by atoms with Gasteiger partial charge in [-0.25, -0.2) is 0 Å². The van der Waals surface area contributed by atoms with Crippen LogP contribution in [0, 0.1) is 0 Å². The fourth-order valence-corrected chi connectivity index (χ4v) is 2.49. The summed E-state index contributed by atoms with van der Waals surface area (Å²) >= 11 is 3.41. The van der Waals surface area contributed by atoms with Crippen molar-refractivity contribution >= 4 is 27.5 Å². The highest BCUT2D eigenvalue weighted by molar-refractivity contribution is 9.10. The zero-order chi connectivity index (χ0) is 11.5. The molecule has 4 heteroatoms. The van der Waals surface area contributed by atoms with E-state index in [-0.39, 0.29) is 10.7 Å². The maximum absolute atomic E-state index is 12.0. The first-order valence-electron chi connectivity index (χ1n) is 5.32. The first-order valence-corrected chi connectivity index (χ1v) is 6.24. The molecule has 0 spiro atoms. The molecule has 1 saturated heterocycles. The quantitative estimate of drug-likeness (QED) is 0.781. The number of para-hydroxylation sites is 2. The van der Waals surface area contributed by atoms with Crippen LogP contribution >= 0.6 is 15.9 Å². The Morgan fingerprint density at radius 3 is 2.94 bits per heavy atom. The lowest BCUT2D eigenvalue weighted by Gasteiger charge is -2.30. The number of carbonyl (C=O) groups excluding carboxylic acids is 1. The second kappa shape index (κ2) is 4.87. The van der Waals surface area contributed by atoms with Crippen molar-refractivity contribution in [3.63, 3.8) is 0 Å². The van der Waals surface area contributed by atoms with Gasteiger partial charge in [-0.15, -0.1) is 0 Å². The molecular formula is C12H14BrNO2. The number of nitrogens with zero attached hydrogens (tertiary/aromatic N) is 1. The van der Waals surface area contributed by atoms with Gasteiger partial charge < -0.3 is 9.64 Å². The molecule has 0 aromatic heterocycles. The third-order valence-electron chi connectivity index (χ3n) is 2.75. The molecule has 1 fully saturated rings. The molecule has 1 heterocycles. The first kappa shape index (κ1) is 11.5. The molecule has 1 aromatic carbocycles. The Labute approximate surface area is 104 Å². The fourth-order valence-electron chi connectivity index (χ4n) is 1.92. The number of alkyl halides is 1. The van der Waals surface area contributed by atoms with Crippen molar-refractivity contribution in [1.82, 2.24) is 0 Å². The summed E-state index contributed by atoms with van der Waals surface area (Å²) in [6.07, 6.45) is 1.92. The lowest BCUT2D eigenvalue weighted by Crippen LogP contribution is -2.41. The van der Waals surface area contributed by atoms with Gasteiger partial charge >= 0.3 is 0 Å². The zero-order valence-electron chi connectivity index (χ0n) is 9.15. The number of benzene rings is 1. The van der Waals surface area contributed by atoms with Crippen LogP contribution in [0.4, 0.5) is 5.69 Å². The molecule has 0 radical (unpaired) electrons. The number of hydrogen-bond donors (Lipinski definition) is 0. The van der Waals surface area contributed by atoms with Crippen LogP contribution in [0.2, 0.25) is 0 Å². The second-order valence-electron chi connectivity index (χ2n) is 3.77. The van der Waals surface area contributed by atoms with E-state index in [1.54, 1.807) is 12.0 Å². The standard InChI is InChI=1S/C12H14BrNO2/c1-16-11-7-3-2-6-10(11)14-8-4-5-9(13)12(14)15/h2-3,6-7,9H,4-5,8H2,1H3/t9-/m1/s1. The van der Waals surface area contributed by atoms with Crippen LogP contribution in [0.1, 0.15) is 12.8 Å². The molecule has 1 aliphatic heterocycles. The Morgan fingerprint density at radius 2 is 2.19 bits per heavy atom. The highest BCUT2D eigenvalue weighted by Crippen LogP contribution is 2.31. The number of methoxy groups -OCH3 is 1. The van der Waals surface area contributed by atoms with Gasteiger partial charge in [-0.1, -0.05) is 28.1 Å². The van der Waals surface area contributed by atoms with Gasteiger partial charge in [0.2, 0.25) is 5.91 Å². The van der Waals surface area contributed by atoms with Crippen LogP contribution in [0.5, 0.6) is 5.75 Å². The fraction of sp³-hybridized carbons (Fsp3) is 0.417. The van der Waals surface area contributed by atoms with Gasteiger partial charge in [0.15, 0.2) is 0 Å². The predicted octanol–water partition coefficient (Wildman–Crippen LogP) is 2.59. The summed E-state index contributed by atoms with van der Waals surface area (Å²) in [6.45, 7) is 0.765. The van der Waals surface area contributed by atoms with E-state index in [4.69, 9.17) is 4.74 Å². The number of hydrogen-bond acceptors (Lipinski definition) is 2. The maximum atomic E-state index is 12.0. The molecule has 2 rings (SSSR count). The molecular weight excluding hydrogens is 270 g/mol.